The number of carbonyl (C=O) groups is 4. The van der Waals surface area contributed by atoms with Crippen molar-refractivity contribution in [2.75, 3.05) is 26.8 Å². The van der Waals surface area contributed by atoms with Crippen LogP contribution in [0.5, 0.6) is 5.75 Å². The molecule has 0 radical (unpaired) electrons. The van der Waals surface area contributed by atoms with E-state index in [4.69, 9.17) is 9.47 Å². The van der Waals surface area contributed by atoms with Crippen LogP contribution in [-0.2, 0) is 9.53 Å². The molecule has 1 heterocycles. The molecule has 0 aromatic heterocycles. The summed E-state index contributed by atoms with van der Waals surface area (Å²) >= 11 is 0. The minimum Gasteiger partial charge on any atom is -0.497 e. The van der Waals surface area contributed by atoms with Gasteiger partial charge in [0.1, 0.15) is 18.9 Å². The summed E-state index contributed by atoms with van der Waals surface area (Å²) in [5.41, 5.74) is 1.05. The van der Waals surface area contributed by atoms with Gasteiger partial charge in [0.05, 0.1) is 24.8 Å². The number of esters is 1. The molecule has 1 N–H and O–H groups in total. The van der Waals surface area contributed by atoms with Gasteiger partial charge in [-0.15, -0.1) is 0 Å². The lowest BCUT2D eigenvalue weighted by Gasteiger charge is -2.14. The van der Waals surface area contributed by atoms with Gasteiger partial charge in [-0.25, -0.2) is 0 Å². The number of hydrogen-bond acceptors (Lipinski definition) is 6. The topological polar surface area (TPSA) is 102 Å². The van der Waals surface area contributed by atoms with E-state index in [9.17, 15) is 19.2 Å². The van der Waals surface area contributed by atoms with E-state index >= 15 is 0 Å². The Morgan fingerprint density at radius 3 is 2.14 bits per heavy atom. The molecule has 28 heavy (non-hydrogen) atoms. The molecule has 8 heteroatoms. The maximum absolute atomic E-state index is 12.2. The lowest BCUT2D eigenvalue weighted by molar-refractivity contribution is -0.142. The third kappa shape index (κ3) is 4.01. The van der Waals surface area contributed by atoms with Crippen molar-refractivity contribution in [2.24, 2.45) is 0 Å². The van der Waals surface area contributed by atoms with Crippen molar-refractivity contribution >= 4 is 23.7 Å². The molecule has 0 saturated heterocycles. The number of nitrogens with zero attached hydrogens (tertiary/aromatic N) is 1. The Balaban J connectivity index is 1.43. The van der Waals surface area contributed by atoms with Crippen molar-refractivity contribution in [3.63, 3.8) is 0 Å². The second kappa shape index (κ2) is 8.34. The molecule has 3 amide bonds. The van der Waals surface area contributed by atoms with Crippen molar-refractivity contribution < 1.29 is 28.7 Å². The summed E-state index contributed by atoms with van der Waals surface area (Å²) in [6.45, 7) is -0.528. The zero-order valence-corrected chi connectivity index (χ0v) is 15.1. The standard InChI is InChI=1S/C20H18N2O6/c1-27-14-8-6-13(7-9-14)18(24)21-12-17(23)28-11-10-22-19(25)15-4-2-3-5-16(15)20(22)26/h2-9H,10-12H2,1H3,(H,21,24). The summed E-state index contributed by atoms with van der Waals surface area (Å²) in [6.07, 6.45) is 0. The third-order valence-corrected chi connectivity index (χ3v) is 4.20. The molecule has 1 aliphatic rings. The molecule has 0 saturated carbocycles. The lowest BCUT2D eigenvalue weighted by Crippen LogP contribution is -2.35. The monoisotopic (exact) mass is 382 g/mol. The minimum absolute atomic E-state index is 0.0511. The number of fused-ring (bicyclic) bond motifs is 1. The Morgan fingerprint density at radius 1 is 0.964 bits per heavy atom. The SMILES string of the molecule is COc1ccc(C(=O)NCC(=O)OCCN2C(=O)c3ccccc3C2=O)cc1. The summed E-state index contributed by atoms with van der Waals surface area (Å²) in [5, 5.41) is 2.44. The van der Waals surface area contributed by atoms with Crippen LogP contribution in [0.2, 0.25) is 0 Å². The number of ether oxygens (including phenoxy) is 2. The molecule has 0 spiro atoms. The molecule has 3 rings (SSSR count). The van der Waals surface area contributed by atoms with Crippen LogP contribution in [0.1, 0.15) is 31.1 Å². The first kappa shape index (κ1) is 19.1. The number of imide groups is 1. The summed E-state index contributed by atoms with van der Waals surface area (Å²) in [5.74, 6) is -1.31. The third-order valence-electron chi connectivity index (χ3n) is 4.20. The fourth-order valence-corrected chi connectivity index (χ4v) is 2.74. The molecule has 2 aromatic rings. The van der Waals surface area contributed by atoms with Crippen molar-refractivity contribution in [3.05, 3.63) is 65.2 Å². The van der Waals surface area contributed by atoms with Crippen LogP contribution in [0, 0.1) is 0 Å². The molecule has 0 fully saturated rings. The fourth-order valence-electron chi connectivity index (χ4n) is 2.74. The van der Waals surface area contributed by atoms with Gasteiger partial charge >= 0.3 is 5.97 Å². The quantitative estimate of drug-likeness (QED) is 0.571. The number of carbonyl (C=O) groups excluding carboxylic acids is 4. The van der Waals surface area contributed by atoms with Crippen molar-refractivity contribution in [1.29, 1.82) is 0 Å². The van der Waals surface area contributed by atoms with E-state index in [1.807, 2.05) is 0 Å². The van der Waals surface area contributed by atoms with E-state index in [1.165, 1.54) is 7.11 Å². The molecule has 0 unspecified atom stereocenters. The Kier molecular flexibility index (Phi) is 5.69. The molecular weight excluding hydrogens is 364 g/mol. The van der Waals surface area contributed by atoms with Gasteiger partial charge in [0.25, 0.3) is 17.7 Å². The first-order chi connectivity index (χ1) is 13.5. The highest BCUT2D eigenvalue weighted by Gasteiger charge is 2.34. The maximum atomic E-state index is 12.2. The Morgan fingerprint density at radius 2 is 1.57 bits per heavy atom. The number of amides is 3. The summed E-state index contributed by atoms with van der Waals surface area (Å²) in [6, 6.07) is 12.9. The number of benzene rings is 2. The van der Waals surface area contributed by atoms with E-state index in [0.717, 1.165) is 4.90 Å². The molecule has 2 aromatic carbocycles. The average Bonchev–Trinajstić information content (AvgIpc) is 2.97. The highest BCUT2D eigenvalue weighted by molar-refractivity contribution is 6.21. The Labute approximate surface area is 161 Å². The molecular formula is C20H18N2O6. The van der Waals surface area contributed by atoms with Gasteiger partial charge in [-0.3, -0.25) is 24.1 Å². The van der Waals surface area contributed by atoms with Gasteiger partial charge in [0.15, 0.2) is 0 Å². The second-order valence-electron chi connectivity index (χ2n) is 5.94. The van der Waals surface area contributed by atoms with Gasteiger partial charge in [0.2, 0.25) is 0 Å². The van der Waals surface area contributed by atoms with E-state index in [1.54, 1.807) is 48.5 Å². The molecule has 8 nitrogen and oxygen atoms in total. The number of hydrogen-bond donors (Lipinski definition) is 1. The van der Waals surface area contributed by atoms with Crippen molar-refractivity contribution in [1.82, 2.24) is 10.2 Å². The van der Waals surface area contributed by atoms with Gasteiger partial charge in [0, 0.05) is 5.56 Å². The minimum atomic E-state index is -0.668. The number of methoxy groups -OCH3 is 1. The predicted molar refractivity (Wildman–Crippen MR) is 98.1 cm³/mol. The smallest absolute Gasteiger partial charge is 0.325 e. The highest BCUT2D eigenvalue weighted by Crippen LogP contribution is 2.21. The van der Waals surface area contributed by atoms with Gasteiger partial charge < -0.3 is 14.8 Å². The normalized spacial score (nSPS) is 12.5. The van der Waals surface area contributed by atoms with E-state index < -0.39 is 23.7 Å². The van der Waals surface area contributed by atoms with Gasteiger partial charge in [-0.2, -0.15) is 0 Å². The number of rotatable bonds is 7. The van der Waals surface area contributed by atoms with Crippen molar-refractivity contribution in [3.8, 4) is 5.75 Å². The van der Waals surface area contributed by atoms with Gasteiger partial charge in [-0.1, -0.05) is 12.1 Å². The van der Waals surface area contributed by atoms with E-state index in [-0.39, 0.29) is 19.7 Å². The predicted octanol–water partition coefficient (Wildman–Crippen LogP) is 1.26. The van der Waals surface area contributed by atoms with Crippen LogP contribution in [-0.4, -0.2) is 55.4 Å². The molecule has 0 atom stereocenters. The summed E-state index contributed by atoms with van der Waals surface area (Å²) in [7, 11) is 1.52. The maximum Gasteiger partial charge on any atom is 0.325 e. The zero-order valence-electron chi connectivity index (χ0n) is 15.1. The van der Waals surface area contributed by atoms with Crippen LogP contribution < -0.4 is 10.1 Å². The lowest BCUT2D eigenvalue weighted by atomic mass is 10.1. The first-order valence-electron chi connectivity index (χ1n) is 8.54. The highest BCUT2D eigenvalue weighted by atomic mass is 16.5. The van der Waals surface area contributed by atoms with Crippen LogP contribution in [0.15, 0.2) is 48.5 Å². The van der Waals surface area contributed by atoms with Crippen LogP contribution >= 0.6 is 0 Å². The Bertz CT molecular complexity index is 888. The Hall–Kier alpha value is -3.68. The molecule has 0 aliphatic carbocycles. The number of nitrogens with one attached hydrogen (secondary N) is 1. The summed E-state index contributed by atoms with van der Waals surface area (Å²) in [4.78, 5) is 49.2. The summed E-state index contributed by atoms with van der Waals surface area (Å²) < 4.78 is 10.0. The second-order valence-corrected chi connectivity index (χ2v) is 5.94. The fraction of sp³-hybridized carbons (Fsp3) is 0.200. The average molecular weight is 382 g/mol. The van der Waals surface area contributed by atoms with Crippen LogP contribution in [0.3, 0.4) is 0 Å². The van der Waals surface area contributed by atoms with E-state index in [0.29, 0.717) is 22.4 Å². The molecule has 1 aliphatic heterocycles. The van der Waals surface area contributed by atoms with E-state index in [2.05, 4.69) is 5.32 Å². The molecule has 0 bridgehead atoms. The van der Waals surface area contributed by atoms with Crippen molar-refractivity contribution in [2.45, 2.75) is 0 Å². The zero-order chi connectivity index (χ0) is 20.1. The largest absolute Gasteiger partial charge is 0.497 e. The first-order valence-corrected chi connectivity index (χ1v) is 8.54. The molecule has 144 valence electrons. The van der Waals surface area contributed by atoms with Crippen LogP contribution in [0.25, 0.3) is 0 Å². The van der Waals surface area contributed by atoms with Gasteiger partial charge in [-0.05, 0) is 36.4 Å². The van der Waals surface area contributed by atoms with Crippen LogP contribution in [0.4, 0.5) is 0 Å².